The summed E-state index contributed by atoms with van der Waals surface area (Å²) in [6.07, 6.45) is -0.595. The van der Waals surface area contributed by atoms with Gasteiger partial charge in [-0.05, 0) is 30.3 Å². The van der Waals surface area contributed by atoms with Gasteiger partial charge in [0.1, 0.15) is 27.8 Å². The third kappa shape index (κ3) is 2.75. The number of fused-ring (bicyclic) bond motifs is 6. The van der Waals surface area contributed by atoms with Crippen molar-refractivity contribution in [2.75, 3.05) is 0 Å². The molecule has 0 saturated carbocycles. The molecular weight excluding hydrogens is 474 g/mol. The summed E-state index contributed by atoms with van der Waals surface area (Å²) in [5, 5.41) is 30.4. The van der Waals surface area contributed by atoms with E-state index in [2.05, 4.69) is 0 Å². The van der Waals surface area contributed by atoms with Crippen molar-refractivity contribution in [1.29, 1.82) is 0 Å². The van der Waals surface area contributed by atoms with Crippen LogP contribution < -0.4 is 4.74 Å². The Morgan fingerprint density at radius 3 is 2.03 bits per heavy atom. The lowest BCUT2D eigenvalue weighted by Gasteiger charge is -2.36. The zero-order chi connectivity index (χ0) is 25.4. The minimum atomic E-state index is -2.14. The minimum Gasteiger partial charge on any atom is -0.508 e. The van der Waals surface area contributed by atoms with Gasteiger partial charge in [-0.25, -0.2) is 24.0 Å². The number of rotatable bonds is 2. The molecule has 0 aromatic heterocycles. The number of amides is 2. The Morgan fingerprint density at radius 1 is 0.861 bits per heavy atom. The summed E-state index contributed by atoms with van der Waals surface area (Å²) in [5.74, 6) is -4.15. The molecule has 3 aliphatic rings. The number of carbonyl (C=O) groups is 4. The quantitative estimate of drug-likeness (QED) is 0.211. The van der Waals surface area contributed by atoms with Crippen LogP contribution in [-0.2, 0) is 24.8 Å². The fourth-order valence-corrected chi connectivity index (χ4v) is 4.84. The molecule has 11 nitrogen and oxygen atoms in total. The second kappa shape index (κ2) is 7.13. The molecule has 0 unspecified atom stereocenters. The summed E-state index contributed by atoms with van der Waals surface area (Å²) < 4.78 is 11.8. The lowest BCUT2D eigenvalue weighted by molar-refractivity contribution is -1.12. The van der Waals surface area contributed by atoms with E-state index in [4.69, 9.17) is 14.3 Å². The molecule has 3 N–H and O–H groups in total. The Hall–Kier alpha value is -4.74. The van der Waals surface area contributed by atoms with E-state index in [1.54, 1.807) is 6.07 Å². The molecule has 6 rings (SSSR count). The number of quaternary nitrogens is 1. The van der Waals surface area contributed by atoms with Crippen LogP contribution in [0.1, 0.15) is 50.2 Å². The molecular formula is C25H16NO10+. The number of ether oxygens (including phenoxy) is 2. The second-order valence-electron chi connectivity index (χ2n) is 8.50. The van der Waals surface area contributed by atoms with Crippen molar-refractivity contribution in [2.24, 2.45) is 0 Å². The summed E-state index contributed by atoms with van der Waals surface area (Å²) in [6.45, 7) is 0. The zero-order valence-corrected chi connectivity index (χ0v) is 18.3. The second-order valence-corrected chi connectivity index (χ2v) is 8.50. The molecule has 11 heteroatoms. The first-order valence-corrected chi connectivity index (χ1v) is 10.8. The summed E-state index contributed by atoms with van der Waals surface area (Å²) in [6, 6.07) is 12.6. The van der Waals surface area contributed by atoms with Crippen molar-refractivity contribution in [2.45, 2.75) is 18.4 Å². The van der Waals surface area contributed by atoms with Gasteiger partial charge in [0.15, 0.2) is 5.60 Å². The van der Waals surface area contributed by atoms with Crippen LogP contribution in [0.3, 0.4) is 0 Å². The van der Waals surface area contributed by atoms with Gasteiger partial charge >= 0.3 is 23.8 Å². The number of imide groups is 1. The molecule has 2 amide bonds. The number of hydrogen-bond donors (Lipinski definition) is 3. The first-order valence-electron chi connectivity index (χ1n) is 10.8. The van der Waals surface area contributed by atoms with Crippen molar-refractivity contribution in [3.63, 3.8) is 0 Å². The monoisotopic (exact) mass is 490 g/mol. The molecule has 3 aliphatic heterocycles. The Balaban J connectivity index is 1.55. The number of hydroxylamine groups is 4. The summed E-state index contributed by atoms with van der Waals surface area (Å²) in [5.41, 5.74) is -1.27. The third-order valence-electron chi connectivity index (χ3n) is 6.47. The van der Waals surface area contributed by atoms with Crippen molar-refractivity contribution in [3.8, 4) is 23.0 Å². The third-order valence-corrected chi connectivity index (χ3v) is 6.47. The maximum absolute atomic E-state index is 13.3. The van der Waals surface area contributed by atoms with Crippen molar-refractivity contribution in [3.05, 3.63) is 82.4 Å². The van der Waals surface area contributed by atoms with Gasteiger partial charge in [0.25, 0.3) is 0 Å². The van der Waals surface area contributed by atoms with Crippen LogP contribution in [0.2, 0.25) is 0 Å². The minimum absolute atomic E-state index is 0.119. The lowest BCUT2D eigenvalue weighted by Crippen LogP contribution is -2.50. The molecule has 36 heavy (non-hydrogen) atoms. The molecule has 180 valence electrons. The molecule has 1 fully saturated rings. The van der Waals surface area contributed by atoms with Crippen LogP contribution in [0.25, 0.3) is 0 Å². The maximum atomic E-state index is 13.3. The molecule has 0 aliphatic carbocycles. The number of benzene rings is 3. The molecule has 3 aromatic rings. The summed E-state index contributed by atoms with van der Waals surface area (Å²) in [4.78, 5) is 53.1. The number of nitrogens with zero attached hydrogens (tertiary/aromatic N) is 1. The summed E-state index contributed by atoms with van der Waals surface area (Å²) in [7, 11) is 0. The van der Waals surface area contributed by atoms with Crippen LogP contribution in [0.5, 0.6) is 23.0 Å². The van der Waals surface area contributed by atoms with Crippen LogP contribution in [0, 0.1) is 0 Å². The van der Waals surface area contributed by atoms with E-state index in [9.17, 15) is 34.6 Å². The Labute approximate surface area is 201 Å². The normalized spacial score (nSPS) is 18.2. The van der Waals surface area contributed by atoms with Gasteiger partial charge in [0.2, 0.25) is 0 Å². The van der Waals surface area contributed by atoms with Crippen LogP contribution >= 0.6 is 0 Å². The molecule has 3 heterocycles. The number of phenols is 2. The summed E-state index contributed by atoms with van der Waals surface area (Å²) >= 11 is 0. The van der Waals surface area contributed by atoms with Crippen molar-refractivity contribution in [1.82, 2.24) is 0 Å². The van der Waals surface area contributed by atoms with E-state index in [-0.39, 0.29) is 52.5 Å². The average molecular weight is 490 g/mol. The van der Waals surface area contributed by atoms with E-state index in [1.807, 2.05) is 0 Å². The van der Waals surface area contributed by atoms with Crippen LogP contribution in [0.15, 0.2) is 54.6 Å². The van der Waals surface area contributed by atoms with Gasteiger partial charge in [-0.1, -0.05) is 12.1 Å². The SMILES string of the molecule is O=C(O[N+]1(O)C(=O)CCC1=O)c1cccc2c1C(=O)OC21c2ccc(O)cc2Oc2cc(O)ccc21. The molecule has 3 aromatic carbocycles. The Morgan fingerprint density at radius 2 is 1.44 bits per heavy atom. The topological polar surface area (TPSA) is 157 Å². The van der Waals surface area contributed by atoms with E-state index in [0.717, 1.165) is 0 Å². The van der Waals surface area contributed by atoms with Gasteiger partial charge in [-0.15, -0.1) is 0 Å². The zero-order valence-electron chi connectivity index (χ0n) is 18.3. The van der Waals surface area contributed by atoms with Crippen molar-refractivity contribution < 1.29 is 53.7 Å². The van der Waals surface area contributed by atoms with Crippen LogP contribution in [0.4, 0.5) is 0 Å². The van der Waals surface area contributed by atoms with Gasteiger partial charge in [-0.2, -0.15) is 5.21 Å². The molecule has 0 radical (unpaired) electrons. The van der Waals surface area contributed by atoms with Gasteiger partial charge in [-0.3, -0.25) is 0 Å². The highest BCUT2D eigenvalue weighted by atomic mass is 17.0. The highest BCUT2D eigenvalue weighted by Gasteiger charge is 2.58. The fourth-order valence-electron chi connectivity index (χ4n) is 4.84. The van der Waals surface area contributed by atoms with Crippen molar-refractivity contribution >= 4 is 23.8 Å². The van der Waals surface area contributed by atoms with E-state index in [0.29, 0.717) is 11.1 Å². The molecule has 0 bridgehead atoms. The van der Waals surface area contributed by atoms with E-state index < -0.39 is 34.2 Å². The molecule has 1 spiro atoms. The molecule has 0 atom stereocenters. The number of hydrogen-bond acceptors (Lipinski definition) is 10. The standard InChI is InChI=1S/C25H15NO10/c27-12-4-6-15-18(10-12)34-19-11-13(28)5-7-16(19)25(15)17-3-1-2-14(22(17)24(32)35-25)23(31)36-26(33)20(29)8-9-21(26)30/h1-7,10-11,33H,8-9H2,(H-,27,28)/p+1. The predicted octanol–water partition coefficient (Wildman–Crippen LogP) is 2.79. The Kier molecular flexibility index (Phi) is 4.31. The van der Waals surface area contributed by atoms with Crippen LogP contribution in [-0.4, -0.2) is 44.0 Å². The predicted molar refractivity (Wildman–Crippen MR) is 115 cm³/mol. The number of esters is 1. The van der Waals surface area contributed by atoms with E-state index >= 15 is 0 Å². The van der Waals surface area contributed by atoms with Gasteiger partial charge in [0, 0.05) is 28.8 Å². The number of phenolic OH excluding ortho intramolecular Hbond substituents is 2. The molecule has 1 saturated heterocycles. The largest absolute Gasteiger partial charge is 0.508 e. The Bertz CT molecular complexity index is 1470. The van der Waals surface area contributed by atoms with Gasteiger partial charge in [0.05, 0.1) is 24.0 Å². The van der Waals surface area contributed by atoms with E-state index in [1.165, 1.54) is 48.5 Å². The smallest absolute Gasteiger partial charge is 0.404 e. The fraction of sp³-hybridized carbons (Fsp3) is 0.120. The van der Waals surface area contributed by atoms with Gasteiger partial charge < -0.3 is 19.7 Å². The number of aromatic hydroxyl groups is 2. The lowest BCUT2D eigenvalue weighted by atomic mass is 9.77. The number of carbonyl (C=O) groups excluding carboxylic acids is 4. The highest BCUT2D eigenvalue weighted by Crippen LogP contribution is 2.57. The highest BCUT2D eigenvalue weighted by molar-refractivity contribution is 6.07. The maximum Gasteiger partial charge on any atom is 0.404 e. The average Bonchev–Trinajstić information content (AvgIpc) is 3.27. The first kappa shape index (κ1) is 21.8. The first-order chi connectivity index (χ1) is 17.1.